The fraction of sp³-hybridized carbons (Fsp3) is 0.562. The zero-order chi connectivity index (χ0) is 19.0. The third-order valence-electron chi connectivity index (χ3n) is 3.87. The lowest BCUT2D eigenvalue weighted by Crippen LogP contribution is -2.47. The number of likely N-dealkylation sites (tertiary alicyclic amines) is 1. The Morgan fingerprint density at radius 1 is 1.40 bits per heavy atom. The highest BCUT2D eigenvalue weighted by atomic mass is 35.5. The zero-order valence-electron chi connectivity index (χ0n) is 14.5. The second-order valence-corrected chi connectivity index (χ2v) is 9.62. The molecule has 0 spiro atoms. The number of ether oxygens (including phenoxy) is 1. The Kier molecular flexibility index (Phi) is 5.44. The fourth-order valence-electron chi connectivity index (χ4n) is 2.68. The standard InChI is InChI=1S/C16H23ClN2O5S/c1-16(2,3)24-15(21)19-8-4-5-10(9-19)25(22,23)14-11(17)6-7-12(18)13(14)20/h6-7,10,20H,4-5,8-9,18H2,1-3H3/t10-/m0/s1. The first-order valence-electron chi connectivity index (χ1n) is 7.92. The van der Waals surface area contributed by atoms with Gasteiger partial charge >= 0.3 is 6.09 Å². The molecule has 3 N–H and O–H groups in total. The van der Waals surface area contributed by atoms with Gasteiger partial charge in [0.2, 0.25) is 0 Å². The fourth-order valence-corrected chi connectivity index (χ4v) is 5.07. The second-order valence-electron chi connectivity index (χ2n) is 7.05. The van der Waals surface area contributed by atoms with Crippen molar-refractivity contribution in [2.24, 2.45) is 0 Å². The number of rotatable bonds is 2. The molecule has 7 nitrogen and oxygen atoms in total. The number of piperidine rings is 1. The first kappa shape index (κ1) is 19.7. The summed E-state index contributed by atoms with van der Waals surface area (Å²) in [5, 5.41) is 9.09. The SMILES string of the molecule is CC(C)(C)OC(=O)N1CCC[C@H](S(=O)(=O)c2c(Cl)ccc(N)c2O)C1. The van der Waals surface area contributed by atoms with Crippen molar-refractivity contribution in [3.05, 3.63) is 17.2 Å². The highest BCUT2D eigenvalue weighted by molar-refractivity contribution is 7.92. The zero-order valence-corrected chi connectivity index (χ0v) is 16.0. The summed E-state index contributed by atoms with van der Waals surface area (Å²) in [6, 6.07) is 2.67. The molecule has 1 aliphatic rings. The lowest BCUT2D eigenvalue weighted by molar-refractivity contribution is 0.0219. The van der Waals surface area contributed by atoms with Crippen molar-refractivity contribution in [3.63, 3.8) is 0 Å². The average Bonchev–Trinajstić information content (AvgIpc) is 2.49. The topological polar surface area (TPSA) is 110 Å². The Hall–Kier alpha value is -1.67. The molecule has 2 rings (SSSR count). The summed E-state index contributed by atoms with van der Waals surface area (Å²) in [7, 11) is -3.97. The molecule has 1 aliphatic heterocycles. The number of carbonyl (C=O) groups excluding carboxylic acids is 1. The number of anilines is 1. The highest BCUT2D eigenvalue weighted by Gasteiger charge is 2.38. The Bertz CT molecular complexity index is 773. The number of sulfone groups is 1. The molecule has 0 bridgehead atoms. The maximum absolute atomic E-state index is 13.0. The van der Waals surface area contributed by atoms with E-state index in [1.807, 2.05) is 0 Å². The van der Waals surface area contributed by atoms with E-state index in [4.69, 9.17) is 22.1 Å². The summed E-state index contributed by atoms with van der Waals surface area (Å²) in [4.78, 5) is 13.2. The number of phenolic OH excluding ortho intramolecular Hbond substituents is 1. The van der Waals surface area contributed by atoms with Crippen LogP contribution in [0.15, 0.2) is 17.0 Å². The minimum atomic E-state index is -3.97. The van der Waals surface area contributed by atoms with Gasteiger partial charge in [0.05, 0.1) is 16.0 Å². The molecule has 1 aromatic carbocycles. The van der Waals surface area contributed by atoms with Crippen LogP contribution < -0.4 is 5.73 Å². The molecular formula is C16H23ClN2O5S. The summed E-state index contributed by atoms with van der Waals surface area (Å²) >= 11 is 5.99. The van der Waals surface area contributed by atoms with Crippen molar-refractivity contribution in [3.8, 4) is 5.75 Å². The van der Waals surface area contributed by atoms with Gasteiger partial charge in [-0.25, -0.2) is 13.2 Å². The van der Waals surface area contributed by atoms with Crippen molar-refractivity contribution < 1.29 is 23.1 Å². The predicted molar refractivity (Wildman–Crippen MR) is 95.5 cm³/mol. The van der Waals surface area contributed by atoms with Crippen LogP contribution >= 0.6 is 11.6 Å². The molecule has 0 unspecified atom stereocenters. The van der Waals surface area contributed by atoms with E-state index >= 15 is 0 Å². The Morgan fingerprint density at radius 3 is 2.64 bits per heavy atom. The number of nitrogens with zero attached hydrogens (tertiary/aromatic N) is 1. The Labute approximate surface area is 152 Å². The van der Waals surface area contributed by atoms with E-state index in [-0.39, 0.29) is 22.2 Å². The monoisotopic (exact) mass is 390 g/mol. The highest BCUT2D eigenvalue weighted by Crippen LogP contribution is 2.38. The van der Waals surface area contributed by atoms with E-state index in [1.54, 1.807) is 20.8 Å². The average molecular weight is 391 g/mol. The molecule has 0 aliphatic carbocycles. The smallest absolute Gasteiger partial charge is 0.410 e. The van der Waals surface area contributed by atoms with Crippen LogP contribution in [0.2, 0.25) is 5.02 Å². The molecular weight excluding hydrogens is 368 g/mol. The number of carbonyl (C=O) groups is 1. The molecule has 1 aromatic rings. The van der Waals surface area contributed by atoms with Gasteiger partial charge < -0.3 is 20.5 Å². The van der Waals surface area contributed by atoms with Crippen LogP contribution in [-0.4, -0.2) is 48.5 Å². The van der Waals surface area contributed by atoms with Gasteiger partial charge in [-0.15, -0.1) is 0 Å². The second kappa shape index (κ2) is 6.92. The quantitative estimate of drug-likeness (QED) is 0.593. The summed E-state index contributed by atoms with van der Waals surface area (Å²) in [6.45, 7) is 5.62. The van der Waals surface area contributed by atoms with E-state index in [9.17, 15) is 18.3 Å². The molecule has 1 heterocycles. The summed E-state index contributed by atoms with van der Waals surface area (Å²) in [6.07, 6.45) is 0.297. The number of hydrogen-bond donors (Lipinski definition) is 2. The minimum Gasteiger partial charge on any atom is -0.504 e. The van der Waals surface area contributed by atoms with Gasteiger partial charge in [-0.1, -0.05) is 11.6 Å². The van der Waals surface area contributed by atoms with Gasteiger partial charge in [-0.3, -0.25) is 0 Å². The molecule has 0 radical (unpaired) electrons. The first-order chi connectivity index (χ1) is 11.4. The third kappa shape index (κ3) is 4.30. The molecule has 1 fully saturated rings. The number of amides is 1. The number of nitrogens with two attached hydrogens (primary N) is 1. The molecule has 1 atom stereocenters. The molecule has 1 saturated heterocycles. The van der Waals surface area contributed by atoms with Crippen LogP contribution in [0.4, 0.5) is 10.5 Å². The van der Waals surface area contributed by atoms with Crippen LogP contribution in [0.1, 0.15) is 33.6 Å². The molecule has 140 valence electrons. The van der Waals surface area contributed by atoms with Crippen molar-refractivity contribution in [2.75, 3.05) is 18.8 Å². The van der Waals surface area contributed by atoms with E-state index in [1.165, 1.54) is 17.0 Å². The molecule has 1 amide bonds. The van der Waals surface area contributed by atoms with Gasteiger partial charge in [0.25, 0.3) is 0 Å². The number of nitrogen functional groups attached to an aromatic ring is 1. The van der Waals surface area contributed by atoms with Crippen LogP contribution in [-0.2, 0) is 14.6 Å². The molecule has 0 saturated carbocycles. The van der Waals surface area contributed by atoms with Crippen LogP contribution in [0.3, 0.4) is 0 Å². The molecule has 9 heteroatoms. The van der Waals surface area contributed by atoms with E-state index in [0.29, 0.717) is 19.4 Å². The maximum atomic E-state index is 13.0. The minimum absolute atomic E-state index is 0.0260. The van der Waals surface area contributed by atoms with Crippen LogP contribution in [0, 0.1) is 0 Å². The van der Waals surface area contributed by atoms with Gasteiger partial charge in [0.15, 0.2) is 15.6 Å². The lowest BCUT2D eigenvalue weighted by atomic mass is 10.1. The van der Waals surface area contributed by atoms with Crippen molar-refractivity contribution in [1.29, 1.82) is 0 Å². The molecule has 25 heavy (non-hydrogen) atoms. The number of aromatic hydroxyl groups is 1. The number of halogens is 1. The normalized spacial score (nSPS) is 18.9. The third-order valence-corrected chi connectivity index (χ3v) is 6.54. The van der Waals surface area contributed by atoms with Crippen LogP contribution in [0.25, 0.3) is 0 Å². The summed E-state index contributed by atoms with van der Waals surface area (Å²) < 4.78 is 31.2. The van der Waals surface area contributed by atoms with Gasteiger partial charge in [0, 0.05) is 13.1 Å². The van der Waals surface area contributed by atoms with Gasteiger partial charge in [0.1, 0.15) is 10.5 Å². The molecule has 0 aromatic heterocycles. The number of phenols is 1. The first-order valence-corrected chi connectivity index (χ1v) is 9.84. The largest absolute Gasteiger partial charge is 0.504 e. The van der Waals surface area contributed by atoms with E-state index in [0.717, 1.165) is 0 Å². The summed E-state index contributed by atoms with van der Waals surface area (Å²) in [5.74, 6) is -0.554. The summed E-state index contributed by atoms with van der Waals surface area (Å²) in [5.41, 5.74) is 4.87. The predicted octanol–water partition coefficient (Wildman–Crippen LogP) is 2.80. The van der Waals surface area contributed by atoms with E-state index in [2.05, 4.69) is 0 Å². The van der Waals surface area contributed by atoms with Crippen molar-refractivity contribution in [1.82, 2.24) is 4.90 Å². The van der Waals surface area contributed by atoms with Crippen molar-refractivity contribution in [2.45, 2.75) is 49.4 Å². The van der Waals surface area contributed by atoms with Gasteiger partial charge in [-0.05, 0) is 45.7 Å². The lowest BCUT2D eigenvalue weighted by Gasteiger charge is -2.34. The maximum Gasteiger partial charge on any atom is 0.410 e. The Balaban J connectivity index is 2.29. The number of benzene rings is 1. The number of hydrogen-bond acceptors (Lipinski definition) is 6. The van der Waals surface area contributed by atoms with Crippen LogP contribution in [0.5, 0.6) is 5.75 Å². The van der Waals surface area contributed by atoms with Crippen molar-refractivity contribution >= 4 is 33.2 Å². The van der Waals surface area contributed by atoms with E-state index < -0.39 is 32.5 Å². The van der Waals surface area contributed by atoms with Gasteiger partial charge in [-0.2, -0.15) is 0 Å². The Morgan fingerprint density at radius 2 is 2.04 bits per heavy atom.